The van der Waals surface area contributed by atoms with Gasteiger partial charge in [-0.15, -0.1) is 5.10 Å². The van der Waals surface area contributed by atoms with Gasteiger partial charge in [0.25, 0.3) is 0 Å². The maximum absolute atomic E-state index is 13.9. The van der Waals surface area contributed by atoms with Gasteiger partial charge in [0.15, 0.2) is 11.5 Å². The number of benzene rings is 2. The van der Waals surface area contributed by atoms with E-state index in [4.69, 9.17) is 19.9 Å². The summed E-state index contributed by atoms with van der Waals surface area (Å²) in [5.41, 5.74) is 8.96. The van der Waals surface area contributed by atoms with Crippen molar-refractivity contribution in [1.82, 2.24) is 10.2 Å². The summed E-state index contributed by atoms with van der Waals surface area (Å²) in [7, 11) is 1.52. The highest BCUT2D eigenvalue weighted by Crippen LogP contribution is 2.44. The Labute approximate surface area is 172 Å². The van der Waals surface area contributed by atoms with Gasteiger partial charge >= 0.3 is 0 Å². The van der Waals surface area contributed by atoms with Crippen molar-refractivity contribution in [2.45, 2.75) is 19.4 Å². The number of H-pyrrole nitrogens is 1. The first-order valence-electron chi connectivity index (χ1n) is 9.20. The van der Waals surface area contributed by atoms with E-state index in [2.05, 4.69) is 16.3 Å². The van der Waals surface area contributed by atoms with E-state index in [9.17, 15) is 9.65 Å². The molecule has 0 saturated heterocycles. The molecule has 3 aromatic rings. The zero-order chi connectivity index (χ0) is 21.3. The van der Waals surface area contributed by atoms with Crippen molar-refractivity contribution in [2.75, 3.05) is 7.11 Å². The number of allylic oxidation sites excluding steroid dienone is 1. The lowest BCUT2D eigenvalue weighted by Gasteiger charge is -2.24. The number of rotatable bonds is 5. The largest absolute Gasteiger partial charge is 0.493 e. The van der Waals surface area contributed by atoms with E-state index in [1.807, 2.05) is 13.0 Å². The zero-order valence-corrected chi connectivity index (χ0v) is 16.4. The predicted molar refractivity (Wildman–Crippen MR) is 106 cm³/mol. The van der Waals surface area contributed by atoms with Crippen LogP contribution in [0.4, 0.5) is 4.39 Å². The van der Waals surface area contributed by atoms with Crippen LogP contribution in [0.2, 0.25) is 0 Å². The molecule has 1 aliphatic heterocycles. The number of nitriles is 1. The zero-order valence-electron chi connectivity index (χ0n) is 16.4. The minimum atomic E-state index is -0.466. The molecule has 0 aliphatic carbocycles. The maximum Gasteiger partial charge on any atom is 0.244 e. The monoisotopic (exact) mass is 406 g/mol. The molecule has 7 nitrogen and oxygen atoms in total. The molecule has 0 amide bonds. The summed E-state index contributed by atoms with van der Waals surface area (Å²) in [6.45, 7) is 1.91. The Hall–Kier alpha value is -3.99. The van der Waals surface area contributed by atoms with Gasteiger partial charge in [0.1, 0.15) is 24.1 Å². The van der Waals surface area contributed by atoms with Gasteiger partial charge in [-0.1, -0.05) is 24.3 Å². The van der Waals surface area contributed by atoms with Gasteiger partial charge in [-0.25, -0.2) is 4.39 Å². The van der Waals surface area contributed by atoms with Gasteiger partial charge in [0.2, 0.25) is 11.8 Å². The third kappa shape index (κ3) is 3.31. The molecular formula is C22H19FN4O3. The number of nitrogens with one attached hydrogen (secondary N) is 1. The Morgan fingerprint density at radius 2 is 2.07 bits per heavy atom. The van der Waals surface area contributed by atoms with Crippen molar-refractivity contribution in [1.29, 1.82) is 5.26 Å². The maximum atomic E-state index is 13.9. The van der Waals surface area contributed by atoms with Crippen LogP contribution >= 0.6 is 0 Å². The van der Waals surface area contributed by atoms with Crippen molar-refractivity contribution in [2.24, 2.45) is 5.73 Å². The second-order valence-corrected chi connectivity index (χ2v) is 6.78. The number of nitrogens with zero attached hydrogens (tertiary/aromatic N) is 2. The van der Waals surface area contributed by atoms with E-state index < -0.39 is 5.92 Å². The van der Waals surface area contributed by atoms with Crippen LogP contribution in [0.25, 0.3) is 0 Å². The van der Waals surface area contributed by atoms with E-state index >= 15 is 0 Å². The fourth-order valence-corrected chi connectivity index (χ4v) is 3.49. The lowest BCUT2D eigenvalue weighted by atomic mass is 9.84. The summed E-state index contributed by atoms with van der Waals surface area (Å²) < 4.78 is 30.6. The number of aromatic amines is 1. The Bertz CT molecular complexity index is 1180. The Morgan fingerprint density at radius 1 is 1.27 bits per heavy atom. The first-order valence-corrected chi connectivity index (χ1v) is 9.20. The summed E-state index contributed by atoms with van der Waals surface area (Å²) in [6, 6.07) is 13.9. The second-order valence-electron chi connectivity index (χ2n) is 6.78. The fourth-order valence-electron chi connectivity index (χ4n) is 3.49. The molecule has 0 radical (unpaired) electrons. The molecule has 0 fully saturated rings. The summed E-state index contributed by atoms with van der Waals surface area (Å²) in [5.74, 6) is 0.461. The third-order valence-electron chi connectivity index (χ3n) is 4.99. The highest BCUT2D eigenvalue weighted by atomic mass is 19.1. The molecule has 2 heterocycles. The molecule has 8 heteroatoms. The van der Waals surface area contributed by atoms with Gasteiger partial charge in [0.05, 0.1) is 13.0 Å². The number of methoxy groups -OCH3 is 1. The van der Waals surface area contributed by atoms with Crippen LogP contribution in [-0.4, -0.2) is 17.3 Å². The van der Waals surface area contributed by atoms with Gasteiger partial charge in [-0.3, -0.25) is 5.10 Å². The van der Waals surface area contributed by atoms with E-state index in [-0.39, 0.29) is 23.9 Å². The number of hydrogen-bond acceptors (Lipinski definition) is 6. The molecular weight excluding hydrogens is 387 g/mol. The fraction of sp³-hybridized carbons (Fsp3) is 0.182. The molecule has 152 valence electrons. The molecule has 1 aromatic heterocycles. The molecule has 0 bridgehead atoms. The molecule has 2 aromatic carbocycles. The van der Waals surface area contributed by atoms with Crippen LogP contribution in [0.15, 0.2) is 53.9 Å². The molecule has 3 N–H and O–H groups in total. The van der Waals surface area contributed by atoms with E-state index in [1.165, 1.54) is 13.2 Å². The topological polar surface area (TPSA) is 106 Å². The number of ether oxygens (including phenoxy) is 3. The average Bonchev–Trinajstić information content (AvgIpc) is 3.12. The van der Waals surface area contributed by atoms with Gasteiger partial charge in [0, 0.05) is 16.8 Å². The smallest absolute Gasteiger partial charge is 0.244 e. The highest BCUT2D eigenvalue weighted by Gasteiger charge is 2.34. The standard InChI is InChI=1S/C22H19FN4O3/c1-12-19-20(15(10-24)21(25)30-22(19)27-26-12)13-7-8-17(18(9-13)28-2)29-11-14-5-3-4-6-16(14)23/h3-9,20H,11,25H2,1-2H3,(H,26,27)/t20-/m1/s1. The van der Waals surface area contributed by atoms with Crippen LogP contribution in [0, 0.1) is 24.1 Å². The van der Waals surface area contributed by atoms with E-state index in [1.54, 1.807) is 30.3 Å². The van der Waals surface area contributed by atoms with Crippen molar-refractivity contribution in [3.8, 4) is 23.4 Å². The average molecular weight is 406 g/mol. The highest BCUT2D eigenvalue weighted by molar-refractivity contribution is 5.57. The molecule has 1 atom stereocenters. The normalized spacial score (nSPS) is 15.2. The molecule has 1 aliphatic rings. The van der Waals surface area contributed by atoms with Crippen LogP contribution in [0.3, 0.4) is 0 Å². The number of hydrogen-bond donors (Lipinski definition) is 2. The van der Waals surface area contributed by atoms with Crippen molar-refractivity contribution >= 4 is 0 Å². The molecule has 30 heavy (non-hydrogen) atoms. The van der Waals surface area contributed by atoms with Crippen molar-refractivity contribution in [3.63, 3.8) is 0 Å². The molecule has 0 spiro atoms. The Balaban J connectivity index is 1.70. The number of aromatic nitrogens is 2. The van der Waals surface area contributed by atoms with Gasteiger partial charge < -0.3 is 19.9 Å². The van der Waals surface area contributed by atoms with Gasteiger partial charge in [-0.05, 0) is 30.7 Å². The van der Waals surface area contributed by atoms with Crippen molar-refractivity contribution in [3.05, 3.63) is 82.1 Å². The minimum Gasteiger partial charge on any atom is -0.493 e. The van der Waals surface area contributed by atoms with E-state index in [0.717, 1.165) is 16.8 Å². The lowest BCUT2D eigenvalue weighted by molar-refractivity contribution is 0.279. The van der Waals surface area contributed by atoms with Crippen LogP contribution in [-0.2, 0) is 6.61 Å². The van der Waals surface area contributed by atoms with Gasteiger partial charge in [-0.2, -0.15) is 5.26 Å². The Kier molecular flexibility index (Phi) is 5.02. The SMILES string of the molecule is COc1cc([C@@H]2C(C#N)=C(N)Oc3n[nH]c(C)c32)ccc1OCc1ccccc1F. The Morgan fingerprint density at radius 3 is 2.80 bits per heavy atom. The van der Waals surface area contributed by atoms with Crippen LogP contribution in [0.1, 0.15) is 28.3 Å². The first-order chi connectivity index (χ1) is 14.5. The number of fused-ring (bicyclic) bond motifs is 1. The van der Waals surface area contributed by atoms with Crippen LogP contribution in [0.5, 0.6) is 17.4 Å². The predicted octanol–water partition coefficient (Wildman–Crippen LogP) is 3.66. The molecule has 4 rings (SSSR count). The molecule has 0 saturated carbocycles. The summed E-state index contributed by atoms with van der Waals surface area (Å²) in [6.07, 6.45) is 0. The third-order valence-corrected chi connectivity index (χ3v) is 4.99. The number of nitrogens with two attached hydrogens (primary N) is 1. The lowest BCUT2D eigenvalue weighted by Crippen LogP contribution is -2.21. The first kappa shape index (κ1) is 19.3. The van der Waals surface area contributed by atoms with E-state index in [0.29, 0.717) is 22.9 Å². The van der Waals surface area contributed by atoms with Crippen molar-refractivity contribution < 1.29 is 18.6 Å². The number of halogens is 1. The molecule has 0 unspecified atom stereocenters. The number of aryl methyl sites for hydroxylation is 1. The minimum absolute atomic E-state index is 0.0142. The quantitative estimate of drug-likeness (QED) is 0.670. The summed E-state index contributed by atoms with van der Waals surface area (Å²) >= 11 is 0. The summed E-state index contributed by atoms with van der Waals surface area (Å²) in [5, 5.41) is 16.7. The summed E-state index contributed by atoms with van der Waals surface area (Å²) in [4.78, 5) is 0. The van der Waals surface area contributed by atoms with Crippen LogP contribution < -0.4 is 19.9 Å². The second kappa shape index (κ2) is 7.79.